The molecule has 1 rings (SSSR count). The van der Waals surface area contributed by atoms with Crippen LogP contribution in [-0.2, 0) is 6.54 Å². The Morgan fingerprint density at radius 2 is 1.94 bits per heavy atom. The van der Waals surface area contributed by atoms with E-state index in [-0.39, 0.29) is 5.54 Å². The van der Waals surface area contributed by atoms with Gasteiger partial charge in [-0.3, -0.25) is 0 Å². The van der Waals surface area contributed by atoms with Gasteiger partial charge in [-0.05, 0) is 31.9 Å². The maximum absolute atomic E-state index is 6.10. The molecule has 0 heterocycles. The summed E-state index contributed by atoms with van der Waals surface area (Å²) in [5.74, 6) is 0.642. The lowest BCUT2D eigenvalue weighted by Crippen LogP contribution is -2.39. The van der Waals surface area contributed by atoms with Gasteiger partial charge in [-0.2, -0.15) is 0 Å². The number of nitrogens with one attached hydrogen (secondary N) is 1. The zero-order chi connectivity index (χ0) is 12.2. The lowest BCUT2D eigenvalue weighted by atomic mass is 10.0. The van der Waals surface area contributed by atoms with Crippen LogP contribution in [0.15, 0.2) is 18.2 Å². The molecular formula is C12H16Cl3N. The molecule has 0 aliphatic carbocycles. The largest absolute Gasteiger partial charge is 0.308 e. The highest BCUT2D eigenvalue weighted by molar-refractivity contribution is 6.42. The second kappa shape index (κ2) is 6.11. The smallest absolute Gasteiger partial charge is 0.0637 e. The van der Waals surface area contributed by atoms with Crippen molar-refractivity contribution in [2.45, 2.75) is 32.4 Å². The van der Waals surface area contributed by atoms with Crippen LogP contribution >= 0.6 is 34.8 Å². The predicted molar refractivity (Wildman–Crippen MR) is 72.7 cm³/mol. The fraction of sp³-hybridized carbons (Fsp3) is 0.500. The van der Waals surface area contributed by atoms with Gasteiger partial charge in [0.25, 0.3) is 0 Å². The molecule has 1 nitrogen and oxygen atoms in total. The van der Waals surface area contributed by atoms with Crippen molar-refractivity contribution in [3.8, 4) is 0 Å². The van der Waals surface area contributed by atoms with Crippen molar-refractivity contribution in [2.75, 3.05) is 5.88 Å². The summed E-state index contributed by atoms with van der Waals surface area (Å²) in [7, 11) is 0. The van der Waals surface area contributed by atoms with Gasteiger partial charge in [0.1, 0.15) is 0 Å². The average molecular weight is 281 g/mol. The van der Waals surface area contributed by atoms with Crippen molar-refractivity contribution in [3.63, 3.8) is 0 Å². The fourth-order valence-corrected chi connectivity index (χ4v) is 2.20. The summed E-state index contributed by atoms with van der Waals surface area (Å²) in [6, 6.07) is 5.66. The second-order valence-corrected chi connectivity index (χ2v) is 5.55. The minimum atomic E-state index is 0.00734. The van der Waals surface area contributed by atoms with Crippen molar-refractivity contribution in [2.24, 2.45) is 0 Å². The molecule has 0 aromatic heterocycles. The van der Waals surface area contributed by atoms with Crippen LogP contribution in [0, 0.1) is 0 Å². The summed E-state index contributed by atoms with van der Waals surface area (Å²) < 4.78 is 0. The Hall–Kier alpha value is 0.0500. The molecule has 0 radical (unpaired) electrons. The third-order valence-corrected chi connectivity index (χ3v) is 3.56. The first-order valence-electron chi connectivity index (χ1n) is 5.20. The molecule has 1 aromatic carbocycles. The summed E-state index contributed by atoms with van der Waals surface area (Å²) in [5, 5.41) is 4.63. The van der Waals surface area contributed by atoms with E-state index < -0.39 is 0 Å². The van der Waals surface area contributed by atoms with Gasteiger partial charge in [0.15, 0.2) is 0 Å². The van der Waals surface area contributed by atoms with Crippen molar-refractivity contribution < 1.29 is 0 Å². The summed E-state index contributed by atoms with van der Waals surface area (Å²) in [5.41, 5.74) is 1.02. The van der Waals surface area contributed by atoms with Gasteiger partial charge < -0.3 is 5.32 Å². The molecule has 0 spiro atoms. The Morgan fingerprint density at radius 1 is 1.25 bits per heavy atom. The van der Waals surface area contributed by atoms with Gasteiger partial charge in [-0.15, -0.1) is 11.6 Å². The lowest BCUT2D eigenvalue weighted by Gasteiger charge is -2.25. The number of hydrogen-bond acceptors (Lipinski definition) is 1. The van der Waals surface area contributed by atoms with E-state index in [0.717, 1.165) is 12.0 Å². The van der Waals surface area contributed by atoms with E-state index in [2.05, 4.69) is 19.2 Å². The molecule has 0 bridgehead atoms. The molecule has 0 amide bonds. The second-order valence-electron chi connectivity index (χ2n) is 4.39. The fourth-order valence-electron chi connectivity index (χ4n) is 1.34. The van der Waals surface area contributed by atoms with Gasteiger partial charge in [0.2, 0.25) is 0 Å². The standard InChI is InChI=1S/C12H16Cl3N/c1-12(2,6-7-13)16-8-9-4-3-5-10(14)11(9)15/h3-5,16H,6-8H2,1-2H3. The molecule has 0 unspecified atom stereocenters. The summed E-state index contributed by atoms with van der Waals surface area (Å²) in [6.07, 6.45) is 0.909. The Labute approximate surface area is 112 Å². The van der Waals surface area contributed by atoms with E-state index in [1.807, 2.05) is 12.1 Å². The van der Waals surface area contributed by atoms with E-state index in [9.17, 15) is 0 Å². The molecule has 0 saturated heterocycles. The van der Waals surface area contributed by atoms with Crippen LogP contribution in [0.3, 0.4) is 0 Å². The third kappa shape index (κ3) is 4.14. The van der Waals surface area contributed by atoms with Crippen molar-refractivity contribution in [1.29, 1.82) is 0 Å². The van der Waals surface area contributed by atoms with E-state index in [1.165, 1.54) is 0 Å². The monoisotopic (exact) mass is 279 g/mol. The maximum Gasteiger partial charge on any atom is 0.0637 e. The average Bonchev–Trinajstić information content (AvgIpc) is 2.20. The summed E-state index contributed by atoms with van der Waals surface area (Å²) >= 11 is 17.8. The van der Waals surface area contributed by atoms with Crippen molar-refractivity contribution in [1.82, 2.24) is 5.32 Å². The van der Waals surface area contributed by atoms with Crippen molar-refractivity contribution in [3.05, 3.63) is 33.8 Å². The van der Waals surface area contributed by atoms with Gasteiger partial charge in [-0.1, -0.05) is 35.3 Å². The van der Waals surface area contributed by atoms with Crippen molar-refractivity contribution >= 4 is 34.8 Å². The topological polar surface area (TPSA) is 12.0 Å². The quantitative estimate of drug-likeness (QED) is 0.784. The van der Waals surface area contributed by atoms with Crippen LogP contribution in [0.2, 0.25) is 10.0 Å². The van der Waals surface area contributed by atoms with E-state index >= 15 is 0 Å². The highest BCUT2D eigenvalue weighted by Crippen LogP contribution is 2.25. The van der Waals surface area contributed by atoms with E-state index in [1.54, 1.807) is 6.07 Å². The third-order valence-electron chi connectivity index (χ3n) is 2.51. The molecule has 90 valence electrons. The van der Waals surface area contributed by atoms with Crippen LogP contribution in [0.25, 0.3) is 0 Å². The molecule has 1 N–H and O–H groups in total. The lowest BCUT2D eigenvalue weighted by molar-refractivity contribution is 0.376. The highest BCUT2D eigenvalue weighted by atomic mass is 35.5. The molecule has 0 aliphatic heterocycles. The van der Waals surface area contributed by atoms with E-state index in [0.29, 0.717) is 22.5 Å². The van der Waals surface area contributed by atoms with E-state index in [4.69, 9.17) is 34.8 Å². The molecule has 16 heavy (non-hydrogen) atoms. The first-order chi connectivity index (χ1) is 7.46. The van der Waals surface area contributed by atoms with Gasteiger partial charge >= 0.3 is 0 Å². The SMILES string of the molecule is CC(C)(CCCl)NCc1cccc(Cl)c1Cl. The highest BCUT2D eigenvalue weighted by Gasteiger charge is 2.16. The van der Waals surface area contributed by atoms with Crippen LogP contribution in [0.1, 0.15) is 25.8 Å². The van der Waals surface area contributed by atoms with Gasteiger partial charge in [0.05, 0.1) is 10.0 Å². The molecular weight excluding hydrogens is 264 g/mol. The molecule has 0 fully saturated rings. The first-order valence-corrected chi connectivity index (χ1v) is 6.49. The number of alkyl halides is 1. The zero-order valence-corrected chi connectivity index (χ0v) is 11.8. The van der Waals surface area contributed by atoms with Crippen LogP contribution in [0.4, 0.5) is 0 Å². The predicted octanol–water partition coefficient (Wildman–Crippen LogP) is 4.49. The molecule has 0 atom stereocenters. The van der Waals surface area contributed by atoms with Crippen LogP contribution in [0.5, 0.6) is 0 Å². The maximum atomic E-state index is 6.10. The zero-order valence-electron chi connectivity index (χ0n) is 9.49. The normalized spacial score (nSPS) is 11.8. The molecule has 0 aliphatic rings. The van der Waals surface area contributed by atoms with Crippen LogP contribution in [-0.4, -0.2) is 11.4 Å². The first kappa shape index (κ1) is 14.1. The Bertz CT molecular complexity index is 350. The minimum Gasteiger partial charge on any atom is -0.308 e. The number of halogens is 3. The van der Waals surface area contributed by atoms with Gasteiger partial charge in [0, 0.05) is 18.0 Å². The summed E-state index contributed by atoms with van der Waals surface area (Å²) in [6.45, 7) is 4.94. The molecule has 4 heteroatoms. The molecule has 0 saturated carbocycles. The van der Waals surface area contributed by atoms with Gasteiger partial charge in [-0.25, -0.2) is 0 Å². The summed E-state index contributed by atoms with van der Waals surface area (Å²) in [4.78, 5) is 0. The Morgan fingerprint density at radius 3 is 2.56 bits per heavy atom. The molecule has 1 aromatic rings. The number of benzene rings is 1. The van der Waals surface area contributed by atoms with Crippen LogP contribution < -0.4 is 5.32 Å². The number of hydrogen-bond donors (Lipinski definition) is 1. The Balaban J connectivity index is 2.64. The number of rotatable bonds is 5. The minimum absolute atomic E-state index is 0.00734. The Kier molecular flexibility index (Phi) is 5.39.